The van der Waals surface area contributed by atoms with Crippen LogP contribution in [0, 0.1) is 13.8 Å². The van der Waals surface area contributed by atoms with Gasteiger partial charge >= 0.3 is 0 Å². The molecular weight excluding hydrogens is 242 g/mol. The smallest absolute Gasteiger partial charge is 0.278 e. The molecule has 6 nitrogen and oxygen atoms in total. The molecule has 0 saturated carbocycles. The highest BCUT2D eigenvalue weighted by Crippen LogP contribution is 2.18. The summed E-state index contributed by atoms with van der Waals surface area (Å²) in [7, 11) is 0. The summed E-state index contributed by atoms with van der Waals surface area (Å²) < 4.78 is 0. The van der Waals surface area contributed by atoms with Crippen molar-refractivity contribution in [3.63, 3.8) is 0 Å². The molecule has 0 saturated heterocycles. The molecule has 2 rings (SSSR count). The monoisotopic (exact) mass is 259 g/mol. The molecule has 0 fully saturated rings. The van der Waals surface area contributed by atoms with Crippen LogP contribution in [0.15, 0.2) is 12.1 Å². The number of aryl methyl sites for hydroxylation is 3. The Hall–Kier alpha value is -2.37. The predicted octanol–water partition coefficient (Wildman–Crippen LogP) is 1.82. The normalized spacial score (nSPS) is 10.5. The minimum atomic E-state index is -0.331. The van der Waals surface area contributed by atoms with Crippen LogP contribution >= 0.6 is 0 Å². The molecule has 2 heterocycles. The van der Waals surface area contributed by atoms with Crippen molar-refractivity contribution in [2.75, 3.05) is 11.1 Å². The number of nitrogens with zero attached hydrogens (tertiary/aromatic N) is 2. The summed E-state index contributed by atoms with van der Waals surface area (Å²) in [6, 6.07) is 3.66. The van der Waals surface area contributed by atoms with Crippen molar-refractivity contribution >= 4 is 17.3 Å². The number of aromatic nitrogens is 3. The zero-order valence-electron chi connectivity index (χ0n) is 11.2. The van der Waals surface area contributed by atoms with E-state index in [2.05, 4.69) is 20.5 Å². The Morgan fingerprint density at radius 3 is 2.74 bits per heavy atom. The van der Waals surface area contributed by atoms with Gasteiger partial charge in [-0.05, 0) is 32.4 Å². The summed E-state index contributed by atoms with van der Waals surface area (Å²) in [5.74, 6) is -0.331. The predicted molar refractivity (Wildman–Crippen MR) is 74.0 cm³/mol. The molecule has 0 atom stereocenters. The summed E-state index contributed by atoms with van der Waals surface area (Å²) in [5.41, 5.74) is 9.58. The average Bonchev–Trinajstić information content (AvgIpc) is 2.74. The van der Waals surface area contributed by atoms with Crippen molar-refractivity contribution in [1.82, 2.24) is 15.2 Å². The lowest BCUT2D eigenvalue weighted by Crippen LogP contribution is -2.15. The highest BCUT2D eigenvalue weighted by Gasteiger charge is 2.17. The van der Waals surface area contributed by atoms with E-state index in [1.165, 1.54) is 0 Å². The third-order valence-corrected chi connectivity index (χ3v) is 2.92. The number of nitrogens with one attached hydrogen (secondary N) is 2. The van der Waals surface area contributed by atoms with Crippen molar-refractivity contribution in [3.05, 3.63) is 34.9 Å². The summed E-state index contributed by atoms with van der Waals surface area (Å²) in [6.45, 7) is 5.69. The second kappa shape index (κ2) is 5.09. The summed E-state index contributed by atoms with van der Waals surface area (Å²) in [4.78, 5) is 16.4. The number of pyridine rings is 1. The first-order chi connectivity index (χ1) is 9.02. The van der Waals surface area contributed by atoms with Gasteiger partial charge in [0.25, 0.3) is 5.91 Å². The Bertz CT molecular complexity index is 617. The number of hydrogen-bond acceptors (Lipinski definition) is 4. The molecule has 19 heavy (non-hydrogen) atoms. The molecule has 2 aromatic rings. The van der Waals surface area contributed by atoms with Gasteiger partial charge in [-0.15, -0.1) is 0 Å². The number of aromatic amines is 1. The Kier molecular flexibility index (Phi) is 3.50. The Morgan fingerprint density at radius 2 is 2.16 bits per heavy atom. The van der Waals surface area contributed by atoms with E-state index in [0.29, 0.717) is 17.8 Å². The minimum absolute atomic E-state index is 0.219. The number of nitrogen functional groups attached to an aromatic ring is 1. The molecule has 100 valence electrons. The number of nitrogens with two attached hydrogens (primary N) is 1. The third kappa shape index (κ3) is 2.57. The number of rotatable bonds is 3. The molecule has 0 bridgehead atoms. The molecule has 0 unspecified atom stereocenters. The van der Waals surface area contributed by atoms with E-state index in [9.17, 15) is 4.79 Å². The highest BCUT2D eigenvalue weighted by molar-refractivity contribution is 6.06. The molecule has 0 aliphatic rings. The first-order valence-electron chi connectivity index (χ1n) is 6.11. The molecule has 6 heteroatoms. The quantitative estimate of drug-likeness (QED) is 0.783. The van der Waals surface area contributed by atoms with Crippen LogP contribution in [0.3, 0.4) is 0 Å². The van der Waals surface area contributed by atoms with E-state index in [1.807, 2.05) is 32.9 Å². The lowest BCUT2D eigenvalue weighted by atomic mass is 10.2. The van der Waals surface area contributed by atoms with Gasteiger partial charge in [0.1, 0.15) is 0 Å². The van der Waals surface area contributed by atoms with E-state index in [1.54, 1.807) is 0 Å². The molecule has 0 aliphatic carbocycles. The van der Waals surface area contributed by atoms with Gasteiger partial charge in [0.05, 0.1) is 22.8 Å². The van der Waals surface area contributed by atoms with Gasteiger partial charge in [-0.2, -0.15) is 5.10 Å². The van der Waals surface area contributed by atoms with Crippen molar-refractivity contribution < 1.29 is 4.79 Å². The second-order valence-electron chi connectivity index (χ2n) is 4.36. The SMILES string of the molecule is CCc1[nH]nc(C(=O)Nc2ccc(C)nc2C)c1N. The number of carbonyl (C=O) groups excluding carboxylic acids is 1. The maximum absolute atomic E-state index is 12.1. The fraction of sp³-hybridized carbons (Fsp3) is 0.308. The van der Waals surface area contributed by atoms with Crippen LogP contribution < -0.4 is 11.1 Å². The summed E-state index contributed by atoms with van der Waals surface area (Å²) in [5, 5.41) is 9.48. The minimum Gasteiger partial charge on any atom is -0.395 e. The Balaban J connectivity index is 2.23. The topological polar surface area (TPSA) is 96.7 Å². The number of anilines is 2. The van der Waals surface area contributed by atoms with Crippen molar-refractivity contribution in [2.45, 2.75) is 27.2 Å². The van der Waals surface area contributed by atoms with E-state index in [0.717, 1.165) is 17.1 Å². The first-order valence-corrected chi connectivity index (χ1v) is 6.11. The zero-order valence-corrected chi connectivity index (χ0v) is 11.2. The summed E-state index contributed by atoms with van der Waals surface area (Å²) in [6.07, 6.45) is 0.706. The van der Waals surface area contributed by atoms with Crippen molar-refractivity contribution in [2.24, 2.45) is 0 Å². The van der Waals surface area contributed by atoms with Crippen LogP contribution in [0.5, 0.6) is 0 Å². The maximum atomic E-state index is 12.1. The van der Waals surface area contributed by atoms with E-state index in [-0.39, 0.29) is 11.6 Å². The number of H-pyrrole nitrogens is 1. The third-order valence-electron chi connectivity index (χ3n) is 2.92. The van der Waals surface area contributed by atoms with E-state index >= 15 is 0 Å². The van der Waals surface area contributed by atoms with E-state index in [4.69, 9.17) is 5.73 Å². The maximum Gasteiger partial charge on any atom is 0.278 e. The highest BCUT2D eigenvalue weighted by atomic mass is 16.2. The molecule has 0 radical (unpaired) electrons. The van der Waals surface area contributed by atoms with Crippen LogP contribution in [0.4, 0.5) is 11.4 Å². The molecular formula is C13H17N5O. The van der Waals surface area contributed by atoms with Gasteiger partial charge in [-0.25, -0.2) is 0 Å². The van der Waals surface area contributed by atoms with Gasteiger partial charge in [0.15, 0.2) is 5.69 Å². The van der Waals surface area contributed by atoms with Crippen LogP contribution in [-0.2, 0) is 6.42 Å². The van der Waals surface area contributed by atoms with Gasteiger partial charge in [-0.1, -0.05) is 6.92 Å². The Morgan fingerprint density at radius 1 is 1.42 bits per heavy atom. The lowest BCUT2D eigenvalue weighted by molar-refractivity contribution is 0.102. The molecule has 2 aromatic heterocycles. The van der Waals surface area contributed by atoms with Gasteiger partial charge in [0, 0.05) is 5.69 Å². The van der Waals surface area contributed by atoms with Crippen LogP contribution in [0.2, 0.25) is 0 Å². The first kappa shape index (κ1) is 13.1. The zero-order chi connectivity index (χ0) is 14.0. The average molecular weight is 259 g/mol. The molecule has 1 amide bonds. The summed E-state index contributed by atoms with van der Waals surface area (Å²) >= 11 is 0. The molecule has 0 spiro atoms. The number of carbonyl (C=O) groups is 1. The fourth-order valence-corrected chi connectivity index (χ4v) is 1.83. The van der Waals surface area contributed by atoms with Crippen LogP contribution in [-0.4, -0.2) is 21.1 Å². The van der Waals surface area contributed by atoms with Gasteiger partial charge in [0.2, 0.25) is 0 Å². The van der Waals surface area contributed by atoms with Crippen LogP contribution in [0.25, 0.3) is 0 Å². The molecule has 0 aromatic carbocycles. The van der Waals surface area contributed by atoms with Gasteiger partial charge < -0.3 is 11.1 Å². The Labute approximate surface area is 111 Å². The lowest BCUT2D eigenvalue weighted by Gasteiger charge is -2.07. The van der Waals surface area contributed by atoms with Gasteiger partial charge in [-0.3, -0.25) is 14.9 Å². The number of amides is 1. The van der Waals surface area contributed by atoms with Crippen LogP contribution in [0.1, 0.15) is 34.5 Å². The molecule has 4 N–H and O–H groups in total. The van der Waals surface area contributed by atoms with Crippen molar-refractivity contribution in [1.29, 1.82) is 0 Å². The van der Waals surface area contributed by atoms with E-state index < -0.39 is 0 Å². The molecule has 0 aliphatic heterocycles. The second-order valence-corrected chi connectivity index (χ2v) is 4.36. The standard InChI is InChI=1S/C13H17N5O/c1-4-9-11(14)12(18-17-9)13(19)16-10-6-5-7(2)15-8(10)3/h5-6H,4,14H2,1-3H3,(H,16,19)(H,17,18). The number of hydrogen-bond donors (Lipinski definition) is 3. The fourth-order valence-electron chi connectivity index (χ4n) is 1.83. The largest absolute Gasteiger partial charge is 0.395 e. The van der Waals surface area contributed by atoms with Crippen molar-refractivity contribution in [3.8, 4) is 0 Å².